The number of hydrogen-bond donors (Lipinski definition) is 1. The number of carbonyl (C=O) groups is 1. The van der Waals surface area contributed by atoms with Crippen molar-refractivity contribution in [3.63, 3.8) is 0 Å². The second-order valence-corrected chi connectivity index (χ2v) is 7.22. The molecule has 1 saturated heterocycles. The van der Waals surface area contributed by atoms with E-state index in [1.807, 2.05) is 36.4 Å². The van der Waals surface area contributed by atoms with Crippen molar-refractivity contribution in [2.75, 3.05) is 30.4 Å². The third-order valence-electron chi connectivity index (χ3n) is 5.33. The summed E-state index contributed by atoms with van der Waals surface area (Å²) in [5, 5.41) is 2.98. The molecule has 2 aromatic carbocycles. The lowest BCUT2D eigenvalue weighted by Crippen LogP contribution is -2.38. The first kappa shape index (κ1) is 19.8. The van der Waals surface area contributed by atoms with Gasteiger partial charge in [-0.25, -0.2) is 14.4 Å². The highest BCUT2D eigenvalue weighted by atomic mass is 19.1. The first-order valence-electron chi connectivity index (χ1n) is 9.91. The van der Waals surface area contributed by atoms with Crippen LogP contribution in [0, 0.1) is 11.7 Å². The van der Waals surface area contributed by atoms with Crippen molar-refractivity contribution in [3.05, 3.63) is 66.7 Å². The SMILES string of the molecule is COc1ccccc1NC(=O)C1CCN(c2cc(-c3cccc(F)c3)ncn2)CC1. The quantitative estimate of drug-likeness (QED) is 0.690. The van der Waals surface area contributed by atoms with Gasteiger partial charge in [0.1, 0.15) is 23.7 Å². The van der Waals surface area contributed by atoms with Crippen molar-refractivity contribution in [1.29, 1.82) is 0 Å². The molecule has 0 bridgehead atoms. The van der Waals surface area contributed by atoms with Gasteiger partial charge in [-0.3, -0.25) is 4.79 Å². The molecule has 1 N–H and O–H groups in total. The Balaban J connectivity index is 1.40. The molecule has 30 heavy (non-hydrogen) atoms. The molecule has 0 saturated carbocycles. The summed E-state index contributed by atoms with van der Waals surface area (Å²) in [5.41, 5.74) is 2.07. The third-order valence-corrected chi connectivity index (χ3v) is 5.33. The van der Waals surface area contributed by atoms with Crippen molar-refractivity contribution in [2.45, 2.75) is 12.8 Å². The number of halogens is 1. The van der Waals surface area contributed by atoms with Gasteiger partial charge in [0.2, 0.25) is 5.91 Å². The Morgan fingerprint density at radius 3 is 2.67 bits per heavy atom. The summed E-state index contributed by atoms with van der Waals surface area (Å²) in [4.78, 5) is 23.5. The minimum atomic E-state index is -0.297. The zero-order chi connectivity index (χ0) is 20.9. The summed E-state index contributed by atoms with van der Waals surface area (Å²) in [6, 6.07) is 15.6. The second kappa shape index (κ2) is 8.90. The van der Waals surface area contributed by atoms with Crippen LogP contribution in [-0.2, 0) is 4.79 Å². The molecule has 7 heteroatoms. The molecule has 6 nitrogen and oxygen atoms in total. The van der Waals surface area contributed by atoms with Crippen LogP contribution in [0.5, 0.6) is 5.75 Å². The number of benzene rings is 2. The Kier molecular flexibility index (Phi) is 5.88. The van der Waals surface area contributed by atoms with Crippen LogP contribution >= 0.6 is 0 Å². The molecule has 0 aliphatic carbocycles. The van der Waals surface area contributed by atoms with E-state index < -0.39 is 0 Å². The van der Waals surface area contributed by atoms with Gasteiger partial charge in [-0.2, -0.15) is 0 Å². The summed E-state index contributed by atoms with van der Waals surface area (Å²) in [6.45, 7) is 1.42. The number of anilines is 2. The van der Waals surface area contributed by atoms with E-state index in [0.29, 0.717) is 35.8 Å². The molecule has 1 aliphatic rings. The molecule has 0 spiro atoms. The third kappa shape index (κ3) is 4.40. The van der Waals surface area contributed by atoms with Gasteiger partial charge in [-0.15, -0.1) is 0 Å². The molecule has 0 radical (unpaired) electrons. The van der Waals surface area contributed by atoms with Crippen LogP contribution in [0.2, 0.25) is 0 Å². The number of ether oxygens (including phenoxy) is 1. The average molecular weight is 406 g/mol. The van der Waals surface area contributed by atoms with E-state index in [1.54, 1.807) is 13.2 Å². The zero-order valence-electron chi connectivity index (χ0n) is 16.7. The highest BCUT2D eigenvalue weighted by Gasteiger charge is 2.26. The van der Waals surface area contributed by atoms with E-state index in [4.69, 9.17) is 4.74 Å². The summed E-state index contributed by atoms with van der Waals surface area (Å²) in [7, 11) is 1.59. The van der Waals surface area contributed by atoms with Crippen LogP contribution in [0.4, 0.5) is 15.9 Å². The number of hydrogen-bond acceptors (Lipinski definition) is 5. The maximum Gasteiger partial charge on any atom is 0.227 e. The Bertz CT molecular complexity index is 1030. The van der Waals surface area contributed by atoms with Crippen LogP contribution < -0.4 is 15.0 Å². The van der Waals surface area contributed by atoms with Crippen LogP contribution in [0.1, 0.15) is 12.8 Å². The van der Waals surface area contributed by atoms with Gasteiger partial charge in [0.05, 0.1) is 18.5 Å². The molecule has 1 aromatic heterocycles. The summed E-state index contributed by atoms with van der Waals surface area (Å²) < 4.78 is 18.8. The van der Waals surface area contributed by atoms with Gasteiger partial charge in [0.25, 0.3) is 0 Å². The normalized spacial score (nSPS) is 14.4. The van der Waals surface area contributed by atoms with Crippen LogP contribution in [0.25, 0.3) is 11.3 Å². The summed E-state index contributed by atoms with van der Waals surface area (Å²) in [5.74, 6) is 1.06. The Labute approximate surface area is 174 Å². The highest BCUT2D eigenvalue weighted by molar-refractivity contribution is 5.94. The van der Waals surface area contributed by atoms with Crippen molar-refractivity contribution in [1.82, 2.24) is 9.97 Å². The van der Waals surface area contributed by atoms with E-state index in [1.165, 1.54) is 18.5 Å². The molecular formula is C23H23FN4O2. The number of para-hydroxylation sites is 2. The van der Waals surface area contributed by atoms with Gasteiger partial charge in [0.15, 0.2) is 0 Å². The largest absolute Gasteiger partial charge is 0.495 e. The second-order valence-electron chi connectivity index (χ2n) is 7.22. The summed E-state index contributed by atoms with van der Waals surface area (Å²) >= 11 is 0. The van der Waals surface area contributed by atoms with Gasteiger partial charge in [-0.1, -0.05) is 24.3 Å². The predicted molar refractivity (Wildman–Crippen MR) is 114 cm³/mol. The number of piperidine rings is 1. The number of nitrogens with one attached hydrogen (secondary N) is 1. The minimum Gasteiger partial charge on any atom is -0.495 e. The topological polar surface area (TPSA) is 67.3 Å². The smallest absolute Gasteiger partial charge is 0.227 e. The molecule has 1 fully saturated rings. The van der Waals surface area contributed by atoms with E-state index in [0.717, 1.165) is 18.7 Å². The zero-order valence-corrected chi connectivity index (χ0v) is 16.7. The lowest BCUT2D eigenvalue weighted by Gasteiger charge is -2.32. The van der Waals surface area contributed by atoms with Gasteiger partial charge in [0, 0.05) is 30.6 Å². The molecule has 1 aliphatic heterocycles. The Morgan fingerprint density at radius 1 is 1.10 bits per heavy atom. The van der Waals surface area contributed by atoms with E-state index >= 15 is 0 Å². The van der Waals surface area contributed by atoms with Crippen molar-refractivity contribution in [2.24, 2.45) is 5.92 Å². The predicted octanol–water partition coefficient (Wildman–Crippen LogP) is 4.15. The van der Waals surface area contributed by atoms with Crippen LogP contribution in [0.15, 0.2) is 60.9 Å². The number of rotatable bonds is 5. The lowest BCUT2D eigenvalue weighted by molar-refractivity contribution is -0.120. The van der Waals surface area contributed by atoms with Gasteiger partial charge in [-0.05, 0) is 37.1 Å². The fourth-order valence-corrected chi connectivity index (χ4v) is 3.68. The molecule has 2 heterocycles. The van der Waals surface area contributed by atoms with Gasteiger partial charge >= 0.3 is 0 Å². The minimum absolute atomic E-state index is 0.00212. The first-order chi connectivity index (χ1) is 14.6. The Hall–Kier alpha value is -3.48. The molecular weight excluding hydrogens is 383 g/mol. The highest BCUT2D eigenvalue weighted by Crippen LogP contribution is 2.28. The molecule has 154 valence electrons. The standard InChI is InChI=1S/C23H23FN4O2/c1-30-21-8-3-2-7-19(21)27-23(29)16-9-11-28(12-10-16)22-14-20(25-15-26-22)17-5-4-6-18(24)13-17/h2-8,13-16H,9-12H2,1H3,(H,27,29). The van der Waals surface area contributed by atoms with E-state index in [2.05, 4.69) is 20.2 Å². The average Bonchev–Trinajstić information content (AvgIpc) is 2.79. The Morgan fingerprint density at radius 2 is 1.90 bits per heavy atom. The molecule has 1 amide bonds. The number of methoxy groups -OCH3 is 1. The number of nitrogens with zero attached hydrogens (tertiary/aromatic N) is 3. The van der Waals surface area contributed by atoms with Gasteiger partial charge < -0.3 is 15.0 Å². The number of amides is 1. The number of aromatic nitrogens is 2. The molecule has 3 aromatic rings. The van der Waals surface area contributed by atoms with Crippen LogP contribution in [0.3, 0.4) is 0 Å². The molecule has 0 atom stereocenters. The fourth-order valence-electron chi connectivity index (χ4n) is 3.68. The lowest BCUT2D eigenvalue weighted by atomic mass is 9.95. The summed E-state index contributed by atoms with van der Waals surface area (Å²) in [6.07, 6.45) is 2.94. The maximum atomic E-state index is 13.5. The monoisotopic (exact) mass is 406 g/mol. The van der Waals surface area contributed by atoms with Crippen LogP contribution in [-0.4, -0.2) is 36.1 Å². The van der Waals surface area contributed by atoms with Crippen molar-refractivity contribution in [3.8, 4) is 17.0 Å². The first-order valence-corrected chi connectivity index (χ1v) is 9.91. The van der Waals surface area contributed by atoms with E-state index in [-0.39, 0.29) is 17.6 Å². The fraction of sp³-hybridized carbons (Fsp3) is 0.261. The molecule has 0 unspecified atom stereocenters. The van der Waals surface area contributed by atoms with Crippen molar-refractivity contribution >= 4 is 17.4 Å². The van der Waals surface area contributed by atoms with E-state index in [9.17, 15) is 9.18 Å². The number of carbonyl (C=O) groups excluding carboxylic acids is 1. The molecule has 4 rings (SSSR count). The maximum absolute atomic E-state index is 13.5. The van der Waals surface area contributed by atoms with Crippen molar-refractivity contribution < 1.29 is 13.9 Å².